The van der Waals surface area contributed by atoms with E-state index in [-0.39, 0.29) is 30.2 Å². The van der Waals surface area contributed by atoms with Crippen molar-refractivity contribution >= 4 is 21.7 Å². The number of carbonyl (C=O) groups is 1. The minimum Gasteiger partial charge on any atom is -0.436 e. The first-order valence-corrected chi connectivity index (χ1v) is 12.4. The van der Waals surface area contributed by atoms with Crippen LogP contribution in [0.2, 0.25) is 0 Å². The number of pyridine rings is 1. The number of nitrogens with zero attached hydrogens (tertiary/aromatic N) is 3. The lowest BCUT2D eigenvalue weighted by Gasteiger charge is -2.29. The molecule has 184 valence electrons. The molecular weight excluding hydrogens is 473 g/mol. The summed E-state index contributed by atoms with van der Waals surface area (Å²) >= 11 is 0. The van der Waals surface area contributed by atoms with Crippen molar-refractivity contribution in [2.75, 3.05) is 30.8 Å². The Kier molecular flexibility index (Phi) is 6.23. The number of nitrogens with one attached hydrogen (secondary N) is 1. The molecule has 4 bridgehead atoms. The van der Waals surface area contributed by atoms with Crippen molar-refractivity contribution in [3.8, 4) is 11.6 Å². The lowest BCUT2D eigenvalue weighted by atomic mass is 9.98. The van der Waals surface area contributed by atoms with E-state index in [9.17, 15) is 13.2 Å². The first-order chi connectivity index (χ1) is 15.9. The Morgan fingerprint density at radius 2 is 2.00 bits per heavy atom. The van der Waals surface area contributed by atoms with E-state index >= 15 is 13.2 Å². The summed E-state index contributed by atoms with van der Waals surface area (Å²) in [6.07, 6.45) is -0.338. The van der Waals surface area contributed by atoms with E-state index in [4.69, 9.17) is 4.74 Å². The number of likely N-dealkylation sites (N-methyl/N-ethyl adjacent to an activating group) is 1. The molecule has 2 aromatic rings. The van der Waals surface area contributed by atoms with Crippen molar-refractivity contribution in [2.24, 2.45) is 0 Å². The van der Waals surface area contributed by atoms with Gasteiger partial charge < -0.3 is 14.5 Å². The number of carbonyl (C=O) groups excluding carboxylic acids is 1. The maximum atomic E-state index is 15.4. The number of benzene rings is 1. The zero-order valence-electron chi connectivity index (χ0n) is 18.9. The van der Waals surface area contributed by atoms with Crippen LogP contribution in [0.25, 0.3) is 0 Å². The molecule has 0 aliphatic carbocycles. The lowest BCUT2D eigenvalue weighted by molar-refractivity contribution is -0.131. The summed E-state index contributed by atoms with van der Waals surface area (Å²) in [5.41, 5.74) is 0.651. The molecule has 1 N–H and O–H groups in total. The van der Waals surface area contributed by atoms with Crippen LogP contribution in [-0.2, 0) is 21.2 Å². The zero-order valence-corrected chi connectivity index (χ0v) is 19.7. The smallest absolute Gasteiger partial charge is 0.283 e. The van der Waals surface area contributed by atoms with E-state index in [0.29, 0.717) is 11.4 Å². The van der Waals surface area contributed by atoms with Gasteiger partial charge in [-0.15, -0.1) is 0 Å². The van der Waals surface area contributed by atoms with Crippen LogP contribution < -0.4 is 14.4 Å². The number of halogens is 3. The normalized spacial score (nSPS) is 22.4. The third-order valence-electron chi connectivity index (χ3n) is 6.11. The Morgan fingerprint density at radius 1 is 1.26 bits per heavy atom. The van der Waals surface area contributed by atoms with Crippen LogP contribution in [-0.4, -0.2) is 68.1 Å². The van der Waals surface area contributed by atoms with Gasteiger partial charge in [-0.3, -0.25) is 4.79 Å². The molecule has 1 fully saturated rings. The highest BCUT2D eigenvalue weighted by atomic mass is 32.2. The van der Waals surface area contributed by atoms with Crippen LogP contribution in [0.1, 0.15) is 18.1 Å². The number of fused-ring (bicyclic) bond motifs is 5. The van der Waals surface area contributed by atoms with Gasteiger partial charge in [0.05, 0.1) is 24.9 Å². The number of hydrogen-bond donors (Lipinski definition) is 1. The van der Waals surface area contributed by atoms with Crippen molar-refractivity contribution in [1.29, 1.82) is 0 Å². The Balaban J connectivity index is 1.84. The second kappa shape index (κ2) is 8.73. The van der Waals surface area contributed by atoms with Crippen molar-refractivity contribution in [3.05, 3.63) is 47.3 Å². The summed E-state index contributed by atoms with van der Waals surface area (Å²) in [5, 5.41) is 0. The van der Waals surface area contributed by atoms with Crippen LogP contribution in [0.15, 0.2) is 30.3 Å². The van der Waals surface area contributed by atoms with E-state index in [1.54, 1.807) is 26.1 Å². The number of anilines is 1. The fraction of sp³-hybridized carbons (Fsp3) is 0.455. The maximum Gasteiger partial charge on any atom is 0.283 e. The second-order valence-electron chi connectivity index (χ2n) is 8.53. The molecule has 1 aromatic heterocycles. The highest BCUT2D eigenvalue weighted by Gasteiger charge is 2.57. The molecule has 3 heterocycles. The van der Waals surface area contributed by atoms with E-state index in [1.807, 2.05) is 4.72 Å². The number of rotatable bonds is 3. The molecule has 8 nitrogen and oxygen atoms in total. The SMILES string of the molecule is CCS(=O)(=O)N[C@@H]1[C@@H]2Cc3cccc(c3F)Oc3nc(ccc3C)N(C)CC(=O)N2CC1(F)F. The average molecular weight is 499 g/mol. The van der Waals surface area contributed by atoms with Gasteiger partial charge in [0.15, 0.2) is 11.6 Å². The molecule has 1 saturated heterocycles. The summed E-state index contributed by atoms with van der Waals surface area (Å²) in [5.74, 6) is -5.10. The molecule has 0 radical (unpaired) electrons. The van der Waals surface area contributed by atoms with E-state index < -0.39 is 52.1 Å². The summed E-state index contributed by atoms with van der Waals surface area (Å²) in [6.45, 7) is 1.77. The van der Waals surface area contributed by atoms with Gasteiger partial charge in [-0.2, -0.15) is 4.98 Å². The average Bonchev–Trinajstić information content (AvgIpc) is 3.01. The van der Waals surface area contributed by atoms with Crippen LogP contribution >= 0.6 is 0 Å². The minimum atomic E-state index is -4.04. The number of aromatic nitrogens is 1. The number of aryl methyl sites for hydroxylation is 1. The van der Waals surface area contributed by atoms with Crippen LogP contribution in [0.4, 0.5) is 19.0 Å². The highest BCUT2D eigenvalue weighted by Crippen LogP contribution is 2.37. The van der Waals surface area contributed by atoms with Crippen molar-refractivity contribution in [2.45, 2.75) is 38.3 Å². The van der Waals surface area contributed by atoms with Crippen molar-refractivity contribution < 1.29 is 31.1 Å². The number of hydrogen-bond acceptors (Lipinski definition) is 6. The van der Waals surface area contributed by atoms with Gasteiger partial charge in [-0.1, -0.05) is 18.2 Å². The molecular formula is C22H25F3N4O4S. The monoisotopic (exact) mass is 498 g/mol. The van der Waals surface area contributed by atoms with Gasteiger partial charge in [-0.25, -0.2) is 26.3 Å². The predicted octanol–water partition coefficient (Wildman–Crippen LogP) is 2.47. The molecule has 0 saturated carbocycles. The zero-order chi connectivity index (χ0) is 24.8. The van der Waals surface area contributed by atoms with Gasteiger partial charge in [-0.05, 0) is 38.0 Å². The van der Waals surface area contributed by atoms with Gasteiger partial charge >= 0.3 is 0 Å². The molecule has 1 aromatic carbocycles. The second-order valence-corrected chi connectivity index (χ2v) is 10.6. The Labute approximate surface area is 195 Å². The fourth-order valence-corrected chi connectivity index (χ4v) is 5.04. The Bertz CT molecular complexity index is 1220. The third-order valence-corrected chi connectivity index (χ3v) is 7.48. The largest absolute Gasteiger partial charge is 0.436 e. The summed E-state index contributed by atoms with van der Waals surface area (Å²) in [4.78, 5) is 19.9. The van der Waals surface area contributed by atoms with Crippen LogP contribution in [0.5, 0.6) is 11.6 Å². The molecule has 2 atom stereocenters. The lowest BCUT2D eigenvalue weighted by Crippen LogP contribution is -2.53. The third kappa shape index (κ3) is 4.56. The number of ether oxygens (including phenoxy) is 1. The van der Waals surface area contributed by atoms with Gasteiger partial charge in [0.25, 0.3) is 5.92 Å². The first kappa shape index (κ1) is 24.3. The van der Waals surface area contributed by atoms with Crippen molar-refractivity contribution in [3.63, 3.8) is 0 Å². The molecule has 1 amide bonds. The molecule has 12 heteroatoms. The molecule has 2 aliphatic rings. The standard InChI is InChI=1S/C22H25F3N4O4S/c1-4-34(31,32)27-20-15-10-14-6-5-7-16(19(14)23)33-21-13(2)8-9-17(26-21)28(3)11-18(30)29(15)12-22(20,24)25/h5-9,15,20,27H,4,10-12H2,1-3H3/t15-,20+/m0/s1. The summed E-state index contributed by atoms with van der Waals surface area (Å²) in [6, 6.07) is 4.39. The first-order valence-electron chi connectivity index (χ1n) is 10.7. The molecule has 34 heavy (non-hydrogen) atoms. The minimum absolute atomic E-state index is 0.0140. The van der Waals surface area contributed by atoms with E-state index in [0.717, 1.165) is 4.90 Å². The van der Waals surface area contributed by atoms with Crippen LogP contribution in [0.3, 0.4) is 0 Å². The van der Waals surface area contributed by atoms with Crippen molar-refractivity contribution in [1.82, 2.24) is 14.6 Å². The maximum absolute atomic E-state index is 15.4. The molecule has 4 rings (SSSR count). The molecule has 0 spiro atoms. The quantitative estimate of drug-likeness (QED) is 0.699. The highest BCUT2D eigenvalue weighted by molar-refractivity contribution is 7.89. The summed E-state index contributed by atoms with van der Waals surface area (Å²) < 4.78 is 77.7. The topological polar surface area (TPSA) is 91.8 Å². The Morgan fingerprint density at radius 3 is 2.71 bits per heavy atom. The predicted molar refractivity (Wildman–Crippen MR) is 119 cm³/mol. The molecule has 2 aliphatic heterocycles. The number of amides is 1. The number of sulfonamides is 1. The van der Waals surface area contributed by atoms with Gasteiger partial charge in [0.2, 0.25) is 21.8 Å². The Hall–Kier alpha value is -2.86. The fourth-order valence-electron chi connectivity index (χ4n) is 4.16. The molecule has 0 unspecified atom stereocenters. The van der Waals surface area contributed by atoms with Gasteiger partial charge in [0, 0.05) is 12.6 Å². The number of alkyl halides is 2. The summed E-state index contributed by atoms with van der Waals surface area (Å²) in [7, 11) is -2.47. The van der Waals surface area contributed by atoms with Gasteiger partial charge in [0.1, 0.15) is 11.9 Å². The van der Waals surface area contributed by atoms with Crippen LogP contribution in [0, 0.1) is 12.7 Å². The van der Waals surface area contributed by atoms with E-state index in [2.05, 4.69) is 4.98 Å². The van der Waals surface area contributed by atoms with E-state index in [1.165, 1.54) is 30.0 Å².